The predicted octanol–water partition coefficient (Wildman–Crippen LogP) is 9.20. The van der Waals surface area contributed by atoms with Gasteiger partial charge in [0.05, 0.1) is 0 Å². The molecule has 0 unspecified atom stereocenters. The highest BCUT2D eigenvalue weighted by molar-refractivity contribution is 5.71. The molecule has 0 aliphatic heterocycles. The van der Waals surface area contributed by atoms with Crippen LogP contribution in [0.2, 0.25) is 0 Å². The number of hydrogen-bond donors (Lipinski definition) is 0. The van der Waals surface area contributed by atoms with Crippen LogP contribution in [-0.2, 0) is 0 Å². The summed E-state index contributed by atoms with van der Waals surface area (Å²) in [5, 5.41) is 0. The molecule has 12 bridgehead atoms. The molecule has 0 radical (unpaired) electrons. The van der Waals surface area contributed by atoms with E-state index in [1.165, 1.54) is 0 Å². The fourth-order valence-electron chi connectivity index (χ4n) is 5.09. The van der Waals surface area contributed by atoms with Gasteiger partial charge in [0.1, 0.15) is 0 Å². The molecule has 192 valence electrons. The van der Waals surface area contributed by atoms with Gasteiger partial charge in [-0.05, 0) is 106 Å². The minimum atomic E-state index is 0.973. The summed E-state index contributed by atoms with van der Waals surface area (Å²) >= 11 is 0. The van der Waals surface area contributed by atoms with Crippen LogP contribution in [0.3, 0.4) is 0 Å². The topological polar surface area (TPSA) is 0 Å². The van der Waals surface area contributed by atoms with Crippen molar-refractivity contribution < 1.29 is 0 Å². The van der Waals surface area contributed by atoms with E-state index in [0.717, 1.165) is 66.8 Å². The summed E-state index contributed by atoms with van der Waals surface area (Å²) in [6.07, 6.45) is 0. The molecule has 6 aromatic rings. The lowest BCUT2D eigenvalue weighted by atomic mass is 9.99. The van der Waals surface area contributed by atoms with Gasteiger partial charge >= 0.3 is 0 Å². The SMILES string of the molecule is C1#Cc2cccc(c2)-c2cccc(c2)C#Cc2cccc(c2)-c2cccc(c2)C#Cc2cccc(c2)-c2cccc1c2. The van der Waals surface area contributed by atoms with Crippen molar-refractivity contribution in [2.75, 3.05) is 0 Å². The lowest BCUT2D eigenvalue weighted by molar-refractivity contribution is 1.55. The van der Waals surface area contributed by atoms with Crippen LogP contribution in [0.5, 0.6) is 0 Å². The second-order valence-electron chi connectivity index (χ2n) is 10.2. The van der Waals surface area contributed by atoms with Crippen molar-refractivity contribution in [3.8, 4) is 68.9 Å². The number of benzene rings is 6. The summed E-state index contributed by atoms with van der Waals surface area (Å²) in [7, 11) is 0. The molecule has 0 aromatic heterocycles. The number of rotatable bonds is 0. The van der Waals surface area contributed by atoms with Gasteiger partial charge in [-0.15, -0.1) is 0 Å². The molecule has 42 heavy (non-hydrogen) atoms. The Labute approximate surface area is 247 Å². The van der Waals surface area contributed by atoms with Crippen molar-refractivity contribution in [1.29, 1.82) is 0 Å². The Bertz CT molecular complexity index is 1760. The first-order chi connectivity index (χ1) is 20.7. The summed E-state index contributed by atoms with van der Waals surface area (Å²) < 4.78 is 0. The predicted molar refractivity (Wildman–Crippen MR) is 174 cm³/mol. The summed E-state index contributed by atoms with van der Waals surface area (Å²) in [5.41, 5.74) is 12.6. The summed E-state index contributed by atoms with van der Waals surface area (Å²) in [6, 6.07) is 50.3. The Balaban J connectivity index is 1.38. The second-order valence-corrected chi connectivity index (χ2v) is 10.2. The molecular weight excluding hydrogens is 504 g/mol. The molecule has 0 N–H and O–H groups in total. The highest BCUT2D eigenvalue weighted by atomic mass is 14.1. The van der Waals surface area contributed by atoms with E-state index >= 15 is 0 Å². The van der Waals surface area contributed by atoms with Gasteiger partial charge in [0.15, 0.2) is 0 Å². The van der Waals surface area contributed by atoms with Gasteiger partial charge in [0.2, 0.25) is 0 Å². The third kappa shape index (κ3) is 5.64. The lowest BCUT2D eigenvalue weighted by Crippen LogP contribution is -1.85. The van der Waals surface area contributed by atoms with Crippen LogP contribution < -0.4 is 0 Å². The molecule has 1 aliphatic rings. The minimum Gasteiger partial charge on any atom is -0.0616 e. The van der Waals surface area contributed by atoms with Gasteiger partial charge in [0, 0.05) is 33.4 Å². The first-order valence-corrected chi connectivity index (χ1v) is 13.9. The lowest BCUT2D eigenvalue weighted by Gasteiger charge is -2.05. The van der Waals surface area contributed by atoms with E-state index in [0.29, 0.717) is 0 Å². The fraction of sp³-hybridized carbons (Fsp3) is 0. The Morgan fingerprint density at radius 1 is 0.214 bits per heavy atom. The third-order valence-electron chi connectivity index (χ3n) is 7.23. The smallest absolute Gasteiger partial charge is 0.0255 e. The average molecular weight is 529 g/mol. The van der Waals surface area contributed by atoms with Crippen LogP contribution in [-0.4, -0.2) is 0 Å². The molecule has 7 rings (SSSR count). The maximum absolute atomic E-state index is 3.36. The monoisotopic (exact) mass is 528 g/mol. The third-order valence-corrected chi connectivity index (χ3v) is 7.23. The molecule has 1 aliphatic carbocycles. The van der Waals surface area contributed by atoms with E-state index in [1.807, 2.05) is 0 Å². The summed E-state index contributed by atoms with van der Waals surface area (Å²) in [5.74, 6) is 20.2. The highest BCUT2D eigenvalue weighted by Gasteiger charge is 2.03. The van der Waals surface area contributed by atoms with E-state index in [2.05, 4.69) is 181 Å². The molecule has 0 saturated carbocycles. The van der Waals surface area contributed by atoms with Crippen LogP contribution in [0.25, 0.3) is 33.4 Å². The molecule has 0 amide bonds. The quantitative estimate of drug-likeness (QED) is 0.172. The molecule has 0 heterocycles. The molecule has 0 nitrogen and oxygen atoms in total. The van der Waals surface area contributed by atoms with Gasteiger partial charge in [-0.1, -0.05) is 108 Å². The average Bonchev–Trinajstić information content (AvgIpc) is 3.06. The maximum atomic E-state index is 3.36. The van der Waals surface area contributed by atoms with Crippen LogP contribution >= 0.6 is 0 Å². The first-order valence-electron chi connectivity index (χ1n) is 13.9. The van der Waals surface area contributed by atoms with Crippen molar-refractivity contribution in [3.63, 3.8) is 0 Å². The number of hydrogen-bond acceptors (Lipinski definition) is 0. The highest BCUT2D eigenvalue weighted by Crippen LogP contribution is 2.24. The molecular formula is C42H24. The van der Waals surface area contributed by atoms with Gasteiger partial charge < -0.3 is 0 Å². The molecule has 0 atom stereocenters. The van der Waals surface area contributed by atoms with Crippen molar-refractivity contribution in [2.45, 2.75) is 0 Å². The fourth-order valence-corrected chi connectivity index (χ4v) is 5.09. The Hall–Kier alpha value is -6.00. The normalized spacial score (nSPS) is 10.9. The molecule has 6 aromatic carbocycles. The Morgan fingerprint density at radius 2 is 0.381 bits per heavy atom. The van der Waals surface area contributed by atoms with Crippen LogP contribution in [0.15, 0.2) is 146 Å². The van der Waals surface area contributed by atoms with E-state index in [4.69, 9.17) is 0 Å². The van der Waals surface area contributed by atoms with E-state index in [1.54, 1.807) is 0 Å². The Morgan fingerprint density at radius 3 is 0.548 bits per heavy atom. The van der Waals surface area contributed by atoms with Crippen molar-refractivity contribution >= 4 is 0 Å². The van der Waals surface area contributed by atoms with E-state index in [-0.39, 0.29) is 0 Å². The zero-order chi connectivity index (χ0) is 28.1. The largest absolute Gasteiger partial charge is 0.0616 e. The molecule has 0 fully saturated rings. The van der Waals surface area contributed by atoms with Gasteiger partial charge in [-0.3, -0.25) is 0 Å². The zero-order valence-electron chi connectivity index (χ0n) is 22.9. The van der Waals surface area contributed by atoms with E-state index in [9.17, 15) is 0 Å². The molecule has 0 heteroatoms. The second kappa shape index (κ2) is 11.2. The molecule has 0 saturated heterocycles. The molecule has 0 spiro atoms. The van der Waals surface area contributed by atoms with Crippen molar-refractivity contribution in [1.82, 2.24) is 0 Å². The van der Waals surface area contributed by atoms with Crippen LogP contribution in [0.1, 0.15) is 33.4 Å². The zero-order valence-corrected chi connectivity index (χ0v) is 22.9. The first kappa shape index (κ1) is 25.0. The summed E-state index contributed by atoms with van der Waals surface area (Å²) in [4.78, 5) is 0. The number of fused-ring (bicyclic) bond motifs is 15. The van der Waals surface area contributed by atoms with E-state index < -0.39 is 0 Å². The van der Waals surface area contributed by atoms with Crippen LogP contribution in [0, 0.1) is 35.5 Å². The minimum absolute atomic E-state index is 0.973. The van der Waals surface area contributed by atoms with Gasteiger partial charge in [-0.2, -0.15) is 0 Å². The van der Waals surface area contributed by atoms with Gasteiger partial charge in [-0.25, -0.2) is 0 Å². The van der Waals surface area contributed by atoms with Gasteiger partial charge in [0.25, 0.3) is 0 Å². The van der Waals surface area contributed by atoms with Crippen molar-refractivity contribution in [2.24, 2.45) is 0 Å². The Kier molecular flexibility index (Phi) is 6.69. The maximum Gasteiger partial charge on any atom is 0.0255 e. The standard InChI is InChI=1S/C42H24/c1-7-31-19-20-32-9-3-15-39(27-32)40-16-5-11-35(29-40)23-24-36-12-6-18-42(30-36)41-17-4-10-34(28-41)22-21-33-8-2-14-38(26-33)37(13-1)25-31/h1-18,25-30H. The van der Waals surface area contributed by atoms with Crippen molar-refractivity contribution in [3.05, 3.63) is 179 Å². The van der Waals surface area contributed by atoms with Crippen LogP contribution in [0.4, 0.5) is 0 Å². The summed E-state index contributed by atoms with van der Waals surface area (Å²) in [6.45, 7) is 0.